The molecule has 0 fully saturated rings. The zero-order chi connectivity index (χ0) is 25.0. The second-order valence-corrected chi connectivity index (χ2v) is 8.05. The Bertz CT molecular complexity index is 1250. The largest absolute Gasteiger partial charge is 0.493 e. The van der Waals surface area contributed by atoms with Crippen LogP contribution in [0.4, 0.5) is 24.5 Å². The quantitative estimate of drug-likeness (QED) is 0.180. The molecular weight excluding hydrogens is 572 g/mol. The van der Waals surface area contributed by atoms with Crippen LogP contribution in [0.15, 0.2) is 54.6 Å². The first kappa shape index (κ1) is 25.1. The summed E-state index contributed by atoms with van der Waals surface area (Å²) in [6, 6.07) is 11.5. The van der Waals surface area contributed by atoms with Crippen LogP contribution in [0.25, 0.3) is 0 Å². The van der Waals surface area contributed by atoms with Gasteiger partial charge in [0.25, 0.3) is 0 Å². The van der Waals surface area contributed by atoms with Crippen molar-refractivity contribution in [3.8, 4) is 17.2 Å². The summed E-state index contributed by atoms with van der Waals surface area (Å²) in [4.78, 5) is 21.5. The van der Waals surface area contributed by atoms with Gasteiger partial charge in [0.2, 0.25) is 5.75 Å². The number of rotatable bonds is 8. The minimum Gasteiger partial charge on any atom is -0.493 e. The van der Waals surface area contributed by atoms with E-state index in [-0.39, 0.29) is 29.4 Å². The summed E-state index contributed by atoms with van der Waals surface area (Å²) >= 11 is 1.92. The van der Waals surface area contributed by atoms with Crippen LogP contribution in [0.5, 0.6) is 17.2 Å². The SMILES string of the molecule is COc1cc(CNc2cccc(C(=O)O)c2)cc(I)c1Oc1ccc(C(F)(F)F)cc1[N+](=O)[O-]. The van der Waals surface area contributed by atoms with E-state index in [4.69, 9.17) is 14.6 Å². The minimum absolute atomic E-state index is 0.0996. The van der Waals surface area contributed by atoms with Gasteiger partial charge in [-0.3, -0.25) is 10.1 Å². The van der Waals surface area contributed by atoms with E-state index >= 15 is 0 Å². The number of carboxylic acids is 1. The number of halogens is 4. The molecule has 0 saturated heterocycles. The highest BCUT2D eigenvalue weighted by molar-refractivity contribution is 14.1. The second kappa shape index (κ2) is 10.2. The fourth-order valence-electron chi connectivity index (χ4n) is 2.97. The van der Waals surface area contributed by atoms with Crippen molar-refractivity contribution in [3.05, 3.63) is 85.0 Å². The third-order valence-corrected chi connectivity index (χ3v) is 5.39. The first-order valence-corrected chi connectivity index (χ1v) is 10.5. The molecule has 178 valence electrons. The monoisotopic (exact) mass is 588 g/mol. The maximum atomic E-state index is 13.0. The highest BCUT2D eigenvalue weighted by Gasteiger charge is 2.33. The average molecular weight is 588 g/mol. The number of aromatic carboxylic acids is 1. The molecule has 0 radical (unpaired) electrons. The van der Waals surface area contributed by atoms with Crippen molar-refractivity contribution in [1.82, 2.24) is 0 Å². The van der Waals surface area contributed by atoms with Crippen molar-refractivity contribution in [2.24, 2.45) is 0 Å². The van der Waals surface area contributed by atoms with E-state index in [1.165, 1.54) is 19.2 Å². The number of hydrogen-bond donors (Lipinski definition) is 2. The van der Waals surface area contributed by atoms with Gasteiger partial charge in [-0.15, -0.1) is 0 Å². The normalized spacial score (nSPS) is 11.1. The third-order valence-electron chi connectivity index (χ3n) is 4.59. The molecule has 3 rings (SSSR count). The fraction of sp³-hybridized carbons (Fsp3) is 0.136. The van der Waals surface area contributed by atoms with Crippen molar-refractivity contribution < 1.29 is 37.5 Å². The van der Waals surface area contributed by atoms with Gasteiger partial charge in [-0.1, -0.05) is 6.07 Å². The zero-order valence-corrected chi connectivity index (χ0v) is 19.5. The molecule has 0 aliphatic carbocycles. The van der Waals surface area contributed by atoms with Gasteiger partial charge in [0.05, 0.1) is 26.7 Å². The number of nitrogens with one attached hydrogen (secondary N) is 1. The van der Waals surface area contributed by atoms with Crippen LogP contribution < -0.4 is 14.8 Å². The highest BCUT2D eigenvalue weighted by Crippen LogP contribution is 2.42. The Morgan fingerprint density at radius 2 is 1.88 bits per heavy atom. The number of hydrogen-bond acceptors (Lipinski definition) is 6. The van der Waals surface area contributed by atoms with E-state index in [0.29, 0.717) is 21.4 Å². The Hall–Kier alpha value is -3.55. The van der Waals surface area contributed by atoms with E-state index in [9.17, 15) is 28.1 Å². The number of nitrogens with zero attached hydrogens (tertiary/aromatic N) is 1. The van der Waals surface area contributed by atoms with Crippen LogP contribution in [0, 0.1) is 13.7 Å². The predicted octanol–water partition coefficient (Wildman–Crippen LogP) is 6.33. The van der Waals surface area contributed by atoms with Crippen LogP contribution in [-0.2, 0) is 12.7 Å². The van der Waals surface area contributed by atoms with Gasteiger partial charge < -0.3 is 19.9 Å². The summed E-state index contributed by atoms with van der Waals surface area (Å²) < 4.78 is 50.3. The Morgan fingerprint density at radius 3 is 2.50 bits per heavy atom. The number of carboxylic acid groups (broad SMARTS) is 1. The minimum atomic E-state index is -4.74. The van der Waals surface area contributed by atoms with Crippen LogP contribution >= 0.6 is 22.6 Å². The van der Waals surface area contributed by atoms with Crippen molar-refractivity contribution in [3.63, 3.8) is 0 Å². The maximum Gasteiger partial charge on any atom is 0.416 e. The summed E-state index contributed by atoms with van der Waals surface area (Å²) in [5, 5.41) is 23.5. The standard InChI is InChI=1S/C22H16F3IN2O6/c1-33-19-8-12(11-27-15-4-2-3-13(9-15)21(29)30)7-16(26)20(19)34-18-6-5-14(22(23,24)25)10-17(18)28(31)32/h2-10,27H,11H2,1H3,(H,29,30). The first-order valence-electron chi connectivity index (χ1n) is 9.46. The summed E-state index contributed by atoms with van der Waals surface area (Å²) in [7, 11) is 1.35. The highest BCUT2D eigenvalue weighted by atomic mass is 127. The van der Waals surface area contributed by atoms with Gasteiger partial charge in [0.1, 0.15) is 0 Å². The molecule has 3 aromatic rings. The van der Waals surface area contributed by atoms with Crippen LogP contribution in [-0.4, -0.2) is 23.1 Å². The lowest BCUT2D eigenvalue weighted by Gasteiger charge is -2.16. The summed E-state index contributed by atoms with van der Waals surface area (Å²) in [6.45, 7) is 0.288. The number of nitro benzene ring substituents is 1. The Balaban J connectivity index is 1.88. The summed E-state index contributed by atoms with van der Waals surface area (Å²) in [6.07, 6.45) is -4.74. The molecule has 8 nitrogen and oxygen atoms in total. The molecule has 0 unspecified atom stereocenters. The number of ether oxygens (including phenoxy) is 2. The van der Waals surface area contributed by atoms with Crippen molar-refractivity contribution in [2.45, 2.75) is 12.7 Å². The Morgan fingerprint density at radius 1 is 1.15 bits per heavy atom. The van der Waals surface area contributed by atoms with Gasteiger partial charge in [0.15, 0.2) is 11.5 Å². The second-order valence-electron chi connectivity index (χ2n) is 6.89. The number of carbonyl (C=O) groups is 1. The van der Waals surface area contributed by atoms with E-state index in [0.717, 1.165) is 11.6 Å². The lowest BCUT2D eigenvalue weighted by Crippen LogP contribution is -2.06. The lowest BCUT2D eigenvalue weighted by molar-refractivity contribution is -0.385. The van der Waals surface area contributed by atoms with Gasteiger partial charge in [-0.2, -0.15) is 13.2 Å². The van der Waals surface area contributed by atoms with Crippen LogP contribution in [0.3, 0.4) is 0 Å². The molecule has 0 spiro atoms. The topological polar surface area (TPSA) is 111 Å². The molecule has 0 bridgehead atoms. The molecular formula is C22H16F3IN2O6. The molecule has 0 amide bonds. The van der Waals surface area contributed by atoms with Gasteiger partial charge in [0, 0.05) is 18.3 Å². The van der Waals surface area contributed by atoms with Crippen molar-refractivity contribution >= 4 is 39.9 Å². The fourth-order valence-corrected chi connectivity index (χ4v) is 3.75. The first-order chi connectivity index (χ1) is 16.0. The number of methoxy groups -OCH3 is 1. The molecule has 2 N–H and O–H groups in total. The van der Waals surface area contributed by atoms with E-state index in [2.05, 4.69) is 5.32 Å². The molecule has 0 aliphatic heterocycles. The Kier molecular flexibility index (Phi) is 7.49. The predicted molar refractivity (Wildman–Crippen MR) is 125 cm³/mol. The molecule has 0 aliphatic rings. The van der Waals surface area contributed by atoms with E-state index in [1.54, 1.807) is 24.3 Å². The summed E-state index contributed by atoms with van der Waals surface area (Å²) in [5.41, 5.74) is -0.580. The molecule has 34 heavy (non-hydrogen) atoms. The number of nitro groups is 1. The average Bonchev–Trinajstić information content (AvgIpc) is 2.78. The lowest BCUT2D eigenvalue weighted by atomic mass is 10.1. The third kappa shape index (κ3) is 5.87. The molecule has 0 heterocycles. The molecule has 12 heteroatoms. The zero-order valence-electron chi connectivity index (χ0n) is 17.4. The van der Waals surface area contributed by atoms with Crippen LogP contribution in [0.1, 0.15) is 21.5 Å². The number of benzene rings is 3. The van der Waals surface area contributed by atoms with Crippen LogP contribution in [0.2, 0.25) is 0 Å². The number of anilines is 1. The number of alkyl halides is 3. The maximum absolute atomic E-state index is 13.0. The van der Waals surface area contributed by atoms with Crippen molar-refractivity contribution in [2.75, 3.05) is 12.4 Å². The Labute approximate surface area is 204 Å². The molecule has 0 atom stereocenters. The smallest absolute Gasteiger partial charge is 0.416 e. The van der Waals surface area contributed by atoms with Crippen molar-refractivity contribution in [1.29, 1.82) is 0 Å². The molecule has 3 aromatic carbocycles. The van der Waals surface area contributed by atoms with E-state index < -0.39 is 28.3 Å². The van der Waals surface area contributed by atoms with E-state index in [1.807, 2.05) is 22.6 Å². The molecule has 0 aromatic heterocycles. The van der Waals surface area contributed by atoms with Gasteiger partial charge in [-0.05, 0) is 70.6 Å². The van der Waals surface area contributed by atoms with Gasteiger partial charge in [-0.25, -0.2) is 4.79 Å². The summed E-state index contributed by atoms with van der Waals surface area (Å²) in [5.74, 6) is -1.12. The molecule has 0 saturated carbocycles. The van der Waals surface area contributed by atoms with Gasteiger partial charge >= 0.3 is 17.8 Å².